The Morgan fingerprint density at radius 2 is 1.76 bits per heavy atom. The van der Waals surface area contributed by atoms with Crippen LogP contribution >= 0.6 is 0 Å². The molecule has 4 aliphatic carbocycles. The quantitative estimate of drug-likeness (QED) is 0.752. The lowest BCUT2D eigenvalue weighted by molar-refractivity contribution is -0.151. The molecule has 0 aromatic rings. The fourth-order valence-electron chi connectivity index (χ4n) is 7.17. The third kappa shape index (κ3) is 3.17. The lowest BCUT2D eigenvalue weighted by atomic mass is 9.39. The minimum absolute atomic E-state index is 0.554. The summed E-state index contributed by atoms with van der Waals surface area (Å²) in [6, 6.07) is 0.554. The van der Waals surface area contributed by atoms with E-state index in [-0.39, 0.29) is 0 Å². The number of hydrogen-bond acceptors (Lipinski definition) is 2. The van der Waals surface area contributed by atoms with Crippen molar-refractivity contribution in [3.8, 4) is 0 Å². The van der Waals surface area contributed by atoms with Crippen molar-refractivity contribution < 1.29 is 4.74 Å². The largest absolute Gasteiger partial charge is 0.383 e. The summed E-state index contributed by atoms with van der Waals surface area (Å²) in [7, 11) is 1.85. The van der Waals surface area contributed by atoms with Crippen LogP contribution in [0, 0.1) is 22.2 Å². The zero-order chi connectivity index (χ0) is 15.1. The summed E-state index contributed by atoms with van der Waals surface area (Å²) >= 11 is 0. The molecule has 3 atom stereocenters. The first-order chi connectivity index (χ1) is 9.90. The SMILES string of the molecule is CCCNC(COC)CC12CC3CC(C)(CC(C)(C3)C1)C2. The Morgan fingerprint density at radius 3 is 2.29 bits per heavy atom. The number of rotatable bonds is 7. The molecule has 0 saturated heterocycles. The van der Waals surface area contributed by atoms with E-state index in [1.165, 1.54) is 51.4 Å². The normalized spacial score (nSPS) is 46.0. The standard InChI is InChI=1S/C19H35NO/c1-5-6-20-16(11-21-4)10-19-9-15-7-17(2,13-19)12-18(3,8-15)14-19/h15-16,20H,5-14H2,1-4H3. The molecule has 4 fully saturated rings. The van der Waals surface area contributed by atoms with Crippen LogP contribution in [0.25, 0.3) is 0 Å². The van der Waals surface area contributed by atoms with E-state index in [1.807, 2.05) is 7.11 Å². The van der Waals surface area contributed by atoms with E-state index in [9.17, 15) is 0 Å². The number of nitrogens with one attached hydrogen (secondary N) is 1. The van der Waals surface area contributed by atoms with Gasteiger partial charge in [0.2, 0.25) is 0 Å². The Balaban J connectivity index is 1.74. The topological polar surface area (TPSA) is 21.3 Å². The van der Waals surface area contributed by atoms with E-state index in [0.29, 0.717) is 22.3 Å². The summed E-state index contributed by atoms with van der Waals surface area (Å²) in [4.78, 5) is 0. The molecule has 4 rings (SSSR count). The second-order valence-electron chi connectivity index (χ2n) is 9.44. The van der Waals surface area contributed by atoms with Crippen molar-refractivity contribution >= 4 is 0 Å². The van der Waals surface area contributed by atoms with E-state index in [2.05, 4.69) is 26.1 Å². The molecule has 0 aromatic carbocycles. The zero-order valence-corrected chi connectivity index (χ0v) is 14.6. The number of ether oxygens (including phenoxy) is 1. The number of hydrogen-bond donors (Lipinski definition) is 1. The Hall–Kier alpha value is -0.0800. The molecule has 0 radical (unpaired) electrons. The van der Waals surface area contributed by atoms with Gasteiger partial charge in [0.05, 0.1) is 6.61 Å². The second kappa shape index (κ2) is 5.53. The molecular formula is C19H35NO. The monoisotopic (exact) mass is 293 g/mol. The minimum atomic E-state index is 0.554. The molecule has 0 spiro atoms. The van der Waals surface area contributed by atoms with Crippen molar-refractivity contribution in [1.82, 2.24) is 5.32 Å². The summed E-state index contributed by atoms with van der Waals surface area (Å²) < 4.78 is 5.50. The van der Waals surface area contributed by atoms with Crippen LogP contribution in [0.1, 0.15) is 72.1 Å². The maximum atomic E-state index is 5.50. The van der Waals surface area contributed by atoms with Gasteiger partial charge in [0.25, 0.3) is 0 Å². The van der Waals surface area contributed by atoms with Crippen LogP contribution in [0.3, 0.4) is 0 Å². The summed E-state index contributed by atoms with van der Waals surface area (Å²) in [5, 5.41) is 3.75. The first-order valence-corrected chi connectivity index (χ1v) is 9.12. The summed E-state index contributed by atoms with van der Waals surface area (Å²) in [6.07, 6.45) is 11.5. The Labute approximate surface area is 131 Å². The van der Waals surface area contributed by atoms with Crippen molar-refractivity contribution in [1.29, 1.82) is 0 Å². The van der Waals surface area contributed by atoms with Crippen LogP contribution in [0.2, 0.25) is 0 Å². The van der Waals surface area contributed by atoms with Gasteiger partial charge in [0.1, 0.15) is 0 Å². The van der Waals surface area contributed by atoms with Crippen molar-refractivity contribution in [2.45, 2.75) is 78.2 Å². The summed E-state index contributed by atoms with van der Waals surface area (Å²) in [6.45, 7) is 9.41. The summed E-state index contributed by atoms with van der Waals surface area (Å²) in [5.41, 5.74) is 1.87. The smallest absolute Gasteiger partial charge is 0.0616 e. The summed E-state index contributed by atoms with van der Waals surface area (Å²) in [5.74, 6) is 1.01. The molecule has 0 amide bonds. The van der Waals surface area contributed by atoms with E-state index >= 15 is 0 Å². The van der Waals surface area contributed by atoms with Gasteiger partial charge in [-0.25, -0.2) is 0 Å². The second-order valence-corrected chi connectivity index (χ2v) is 9.44. The molecule has 3 unspecified atom stereocenters. The molecule has 21 heavy (non-hydrogen) atoms. The highest BCUT2D eigenvalue weighted by Gasteiger charge is 2.60. The van der Waals surface area contributed by atoms with Crippen LogP contribution in [0.5, 0.6) is 0 Å². The fraction of sp³-hybridized carbons (Fsp3) is 1.00. The first kappa shape index (κ1) is 15.8. The maximum Gasteiger partial charge on any atom is 0.0616 e. The van der Waals surface area contributed by atoms with Gasteiger partial charge in [-0.3, -0.25) is 0 Å². The third-order valence-corrected chi connectivity index (χ3v) is 6.47. The van der Waals surface area contributed by atoms with Crippen LogP contribution in [0.15, 0.2) is 0 Å². The Kier molecular flexibility index (Phi) is 4.16. The average molecular weight is 293 g/mol. The predicted molar refractivity (Wildman–Crippen MR) is 88.4 cm³/mol. The van der Waals surface area contributed by atoms with Crippen molar-refractivity contribution in [3.63, 3.8) is 0 Å². The predicted octanol–water partition coefficient (Wildman–Crippen LogP) is 4.39. The van der Waals surface area contributed by atoms with E-state index in [1.54, 1.807) is 0 Å². The number of methoxy groups -OCH3 is 1. The molecule has 0 heterocycles. The van der Waals surface area contributed by atoms with E-state index in [0.717, 1.165) is 19.1 Å². The van der Waals surface area contributed by atoms with Gasteiger partial charge < -0.3 is 10.1 Å². The minimum Gasteiger partial charge on any atom is -0.383 e. The van der Waals surface area contributed by atoms with Crippen molar-refractivity contribution in [3.05, 3.63) is 0 Å². The van der Waals surface area contributed by atoms with Crippen molar-refractivity contribution in [2.24, 2.45) is 22.2 Å². The molecule has 4 saturated carbocycles. The van der Waals surface area contributed by atoms with E-state index in [4.69, 9.17) is 4.74 Å². The molecule has 122 valence electrons. The van der Waals surface area contributed by atoms with Gasteiger partial charge in [-0.05, 0) is 80.1 Å². The molecular weight excluding hydrogens is 258 g/mol. The maximum absolute atomic E-state index is 5.50. The van der Waals surface area contributed by atoms with Gasteiger partial charge in [0, 0.05) is 13.2 Å². The van der Waals surface area contributed by atoms with Gasteiger partial charge in [0.15, 0.2) is 0 Å². The molecule has 2 nitrogen and oxygen atoms in total. The molecule has 2 heteroatoms. The third-order valence-electron chi connectivity index (χ3n) is 6.47. The molecule has 4 bridgehead atoms. The lowest BCUT2D eigenvalue weighted by Gasteiger charge is -2.66. The fourth-order valence-corrected chi connectivity index (χ4v) is 7.17. The van der Waals surface area contributed by atoms with Crippen LogP contribution in [0.4, 0.5) is 0 Å². The van der Waals surface area contributed by atoms with Crippen LogP contribution in [-0.2, 0) is 4.74 Å². The van der Waals surface area contributed by atoms with Crippen molar-refractivity contribution in [2.75, 3.05) is 20.3 Å². The zero-order valence-electron chi connectivity index (χ0n) is 14.6. The van der Waals surface area contributed by atoms with Gasteiger partial charge in [-0.15, -0.1) is 0 Å². The molecule has 0 aromatic heterocycles. The average Bonchev–Trinajstić information content (AvgIpc) is 2.31. The Morgan fingerprint density at radius 1 is 1.10 bits per heavy atom. The van der Waals surface area contributed by atoms with Gasteiger partial charge >= 0.3 is 0 Å². The molecule has 0 aliphatic heterocycles. The Bertz CT molecular complexity index is 362. The van der Waals surface area contributed by atoms with Crippen LogP contribution < -0.4 is 5.32 Å². The van der Waals surface area contributed by atoms with Gasteiger partial charge in [-0.2, -0.15) is 0 Å². The highest BCUT2D eigenvalue weighted by atomic mass is 16.5. The lowest BCUT2D eigenvalue weighted by Crippen LogP contribution is -2.56. The molecule has 4 aliphatic rings. The van der Waals surface area contributed by atoms with E-state index < -0.39 is 0 Å². The van der Waals surface area contributed by atoms with Crippen LogP contribution in [-0.4, -0.2) is 26.3 Å². The first-order valence-electron chi connectivity index (χ1n) is 9.12. The molecule has 1 N–H and O–H groups in total. The highest BCUT2D eigenvalue weighted by Crippen LogP contribution is 2.70. The van der Waals surface area contributed by atoms with Gasteiger partial charge in [-0.1, -0.05) is 20.8 Å². The highest BCUT2D eigenvalue weighted by molar-refractivity contribution is 5.11.